The first kappa shape index (κ1) is 35.6. The number of nitrogens with one attached hydrogen (secondary N) is 6. The summed E-state index contributed by atoms with van der Waals surface area (Å²) < 4.78 is 11.4. The van der Waals surface area contributed by atoms with Crippen LogP contribution in [0.2, 0.25) is 20.4 Å². The molecule has 16 heteroatoms. The topological polar surface area (TPSA) is 151 Å². The summed E-state index contributed by atoms with van der Waals surface area (Å²) >= 11 is 23.9. The standard InChI is InChI=1S/2C16H16Cl2N4O2/c2*17-12-7-10(14-9-19-5-6-24-14)1-3-13(12)22-16(23)21-11-2-4-15(18)20-8-11/h2*1-4,7-8,14,19H,5-6,9H2,(H2,21,22,23)/t2*14-/m10/s1. The molecule has 0 radical (unpaired) electrons. The first-order valence-corrected chi connectivity index (χ1v) is 16.4. The van der Waals surface area contributed by atoms with Crippen molar-refractivity contribution in [1.29, 1.82) is 0 Å². The summed E-state index contributed by atoms with van der Waals surface area (Å²) in [6.45, 7) is 4.52. The van der Waals surface area contributed by atoms with E-state index in [1.54, 1.807) is 48.5 Å². The van der Waals surface area contributed by atoms with Gasteiger partial charge in [0, 0.05) is 26.2 Å². The van der Waals surface area contributed by atoms with Crippen molar-refractivity contribution in [1.82, 2.24) is 20.6 Å². The molecule has 2 aliphatic rings. The number of halogens is 4. The maximum Gasteiger partial charge on any atom is 0.323 e. The average molecular weight is 734 g/mol. The Morgan fingerprint density at radius 2 is 1.06 bits per heavy atom. The number of amides is 4. The Hall–Kier alpha value is -3.72. The predicted octanol–water partition coefficient (Wildman–Crippen LogP) is 7.39. The van der Waals surface area contributed by atoms with Crippen molar-refractivity contribution in [2.45, 2.75) is 12.2 Å². The van der Waals surface area contributed by atoms with Crippen molar-refractivity contribution in [3.63, 3.8) is 0 Å². The van der Waals surface area contributed by atoms with Crippen LogP contribution in [-0.4, -0.2) is 61.4 Å². The number of benzene rings is 2. The number of urea groups is 2. The van der Waals surface area contributed by atoms with E-state index in [1.165, 1.54) is 12.4 Å². The van der Waals surface area contributed by atoms with Crippen molar-refractivity contribution >= 4 is 81.2 Å². The van der Waals surface area contributed by atoms with Crippen molar-refractivity contribution in [3.8, 4) is 0 Å². The highest BCUT2D eigenvalue weighted by Gasteiger charge is 2.18. The number of carbonyl (C=O) groups is 2. The second kappa shape index (κ2) is 17.6. The van der Waals surface area contributed by atoms with Gasteiger partial charge in [0.05, 0.1) is 70.6 Å². The molecule has 0 unspecified atom stereocenters. The largest absolute Gasteiger partial charge is 0.371 e. The van der Waals surface area contributed by atoms with Crippen LogP contribution in [0.5, 0.6) is 0 Å². The van der Waals surface area contributed by atoms with E-state index in [9.17, 15) is 9.59 Å². The first-order valence-electron chi connectivity index (χ1n) is 14.9. The minimum atomic E-state index is -0.413. The number of morpholine rings is 2. The lowest BCUT2D eigenvalue weighted by atomic mass is 10.1. The Labute approximate surface area is 297 Å². The highest BCUT2D eigenvalue weighted by atomic mass is 35.5. The van der Waals surface area contributed by atoms with E-state index in [2.05, 4.69) is 41.9 Å². The molecule has 2 saturated heterocycles. The highest BCUT2D eigenvalue weighted by molar-refractivity contribution is 6.34. The van der Waals surface area contributed by atoms with Gasteiger partial charge in [-0.1, -0.05) is 58.5 Å². The fraction of sp³-hybridized carbons (Fsp3) is 0.250. The summed E-state index contributed by atoms with van der Waals surface area (Å²) in [7, 11) is 0. The maximum atomic E-state index is 12.0. The molecule has 4 amide bonds. The number of carbonyl (C=O) groups excluding carboxylic acids is 2. The molecule has 252 valence electrons. The second-order valence-corrected chi connectivity index (χ2v) is 12.1. The van der Waals surface area contributed by atoms with Gasteiger partial charge < -0.3 is 41.4 Å². The zero-order chi connectivity index (χ0) is 33.9. The lowest BCUT2D eigenvalue weighted by Gasteiger charge is -2.24. The summed E-state index contributed by atoms with van der Waals surface area (Å²) in [4.78, 5) is 31.9. The number of ether oxygens (including phenoxy) is 2. The quantitative estimate of drug-likeness (QED) is 0.112. The molecule has 4 heterocycles. The van der Waals surface area contributed by atoms with Crippen LogP contribution in [0.1, 0.15) is 23.3 Å². The van der Waals surface area contributed by atoms with Gasteiger partial charge in [-0.3, -0.25) is 0 Å². The van der Waals surface area contributed by atoms with E-state index in [1.807, 2.05) is 12.1 Å². The third-order valence-corrected chi connectivity index (χ3v) is 8.12. The summed E-state index contributed by atoms with van der Waals surface area (Å²) in [5.74, 6) is 0. The number of nitrogens with zero attached hydrogens (tertiary/aromatic N) is 2. The molecule has 0 bridgehead atoms. The lowest BCUT2D eigenvalue weighted by molar-refractivity contribution is 0.0276. The molecule has 2 aromatic heterocycles. The van der Waals surface area contributed by atoms with Crippen molar-refractivity contribution in [2.75, 3.05) is 60.7 Å². The first-order chi connectivity index (χ1) is 23.2. The minimum absolute atomic E-state index is 0.0285. The highest BCUT2D eigenvalue weighted by Crippen LogP contribution is 2.29. The number of anilines is 4. The molecular weight excluding hydrogens is 702 g/mol. The number of hydrogen-bond donors (Lipinski definition) is 6. The van der Waals surface area contributed by atoms with Gasteiger partial charge in [0.1, 0.15) is 10.3 Å². The molecule has 0 aliphatic carbocycles. The summed E-state index contributed by atoms with van der Waals surface area (Å²) in [5, 5.41) is 18.9. The summed E-state index contributed by atoms with van der Waals surface area (Å²) in [5.41, 5.74) is 4.05. The Morgan fingerprint density at radius 1 is 0.625 bits per heavy atom. The number of pyridine rings is 2. The van der Waals surface area contributed by atoms with Crippen LogP contribution < -0.4 is 31.9 Å². The molecule has 2 aromatic carbocycles. The van der Waals surface area contributed by atoms with Gasteiger partial charge in [-0.15, -0.1) is 0 Å². The van der Waals surface area contributed by atoms with Crippen molar-refractivity contribution in [2.24, 2.45) is 0 Å². The number of rotatable bonds is 6. The van der Waals surface area contributed by atoms with Crippen LogP contribution in [0.25, 0.3) is 0 Å². The van der Waals surface area contributed by atoms with Crippen molar-refractivity contribution in [3.05, 3.63) is 105 Å². The molecule has 0 saturated carbocycles. The third-order valence-electron chi connectivity index (χ3n) is 7.05. The van der Waals surface area contributed by atoms with Crippen molar-refractivity contribution < 1.29 is 19.1 Å². The van der Waals surface area contributed by atoms with Gasteiger partial charge in [-0.25, -0.2) is 19.6 Å². The van der Waals surface area contributed by atoms with E-state index < -0.39 is 12.1 Å². The lowest BCUT2D eigenvalue weighted by Crippen LogP contribution is -2.33. The van der Waals surface area contributed by atoms with Gasteiger partial charge in [0.15, 0.2) is 0 Å². The number of aromatic nitrogens is 2. The van der Waals surface area contributed by atoms with E-state index in [-0.39, 0.29) is 12.2 Å². The molecule has 2 aliphatic heterocycles. The van der Waals surface area contributed by atoms with Crippen LogP contribution in [-0.2, 0) is 9.47 Å². The minimum Gasteiger partial charge on any atom is -0.371 e. The zero-order valence-electron chi connectivity index (χ0n) is 25.4. The number of hydrogen-bond acceptors (Lipinski definition) is 8. The maximum absolute atomic E-state index is 12.0. The van der Waals surface area contributed by atoms with E-state index >= 15 is 0 Å². The zero-order valence-corrected chi connectivity index (χ0v) is 28.4. The predicted molar refractivity (Wildman–Crippen MR) is 190 cm³/mol. The fourth-order valence-electron chi connectivity index (χ4n) is 4.69. The Kier molecular flexibility index (Phi) is 13.1. The molecule has 4 aromatic rings. The third kappa shape index (κ3) is 10.6. The average Bonchev–Trinajstić information content (AvgIpc) is 3.10. The molecule has 2 fully saturated rings. The SMILES string of the molecule is O=C(Nc1ccc(Cl)nc1)Nc1ccc([C@@H]2CNCCO2)cc1Cl.O=C(Nc1ccc(Cl)nc1)Nc1ccc([C@H]2CNCCO2)cc1Cl. The molecule has 2 atom stereocenters. The van der Waals surface area contributed by atoms with Crippen LogP contribution in [0, 0.1) is 0 Å². The Morgan fingerprint density at radius 3 is 1.40 bits per heavy atom. The molecule has 48 heavy (non-hydrogen) atoms. The Bertz CT molecular complexity index is 1560. The van der Waals surface area contributed by atoms with E-state index in [0.717, 1.165) is 37.3 Å². The summed E-state index contributed by atoms with van der Waals surface area (Å²) in [6, 6.07) is 16.6. The van der Waals surface area contributed by atoms with E-state index in [4.69, 9.17) is 55.9 Å². The van der Waals surface area contributed by atoms with Gasteiger partial charge in [-0.2, -0.15) is 0 Å². The van der Waals surface area contributed by atoms with Gasteiger partial charge in [-0.05, 0) is 59.7 Å². The second-order valence-electron chi connectivity index (χ2n) is 10.5. The van der Waals surface area contributed by atoms with Gasteiger partial charge >= 0.3 is 12.1 Å². The molecule has 6 rings (SSSR count). The smallest absolute Gasteiger partial charge is 0.323 e. The van der Waals surface area contributed by atoms with Crippen LogP contribution in [0.3, 0.4) is 0 Å². The Balaban J connectivity index is 0.000000188. The fourth-order valence-corrected chi connectivity index (χ4v) is 5.39. The molecule has 12 nitrogen and oxygen atoms in total. The monoisotopic (exact) mass is 732 g/mol. The van der Waals surface area contributed by atoms with Gasteiger partial charge in [0.2, 0.25) is 0 Å². The van der Waals surface area contributed by atoms with E-state index in [0.29, 0.717) is 56.3 Å². The molecule has 6 N–H and O–H groups in total. The summed E-state index contributed by atoms with van der Waals surface area (Å²) in [6.07, 6.45) is 2.89. The normalized spacial score (nSPS) is 17.3. The van der Waals surface area contributed by atoms with Crippen LogP contribution in [0.4, 0.5) is 32.3 Å². The van der Waals surface area contributed by atoms with Gasteiger partial charge in [0.25, 0.3) is 0 Å². The molecular formula is C32H32Cl4N8O4. The van der Waals surface area contributed by atoms with Crippen LogP contribution >= 0.6 is 46.4 Å². The van der Waals surface area contributed by atoms with Crippen LogP contribution in [0.15, 0.2) is 73.1 Å². The molecule has 0 spiro atoms.